The van der Waals surface area contributed by atoms with Crippen LogP contribution in [0.15, 0.2) is 78.9 Å². The fraction of sp³-hybridized carbons (Fsp3) is 0.367. The molecule has 3 aromatic carbocycles. The van der Waals surface area contributed by atoms with Gasteiger partial charge in [-0.15, -0.1) is 0 Å². The quantitative estimate of drug-likeness (QED) is 0.316. The Morgan fingerprint density at radius 3 is 2.36 bits per heavy atom. The number of anilines is 1. The molecule has 0 fully saturated rings. The molecular weight excluding hydrogens is 514 g/mol. The first-order valence-electron chi connectivity index (χ1n) is 13.0. The standard InChI is InChI=1S/C30H39N3O5S/c1-5-17-39(36,37)33(3)26-15-10-14-25(20-26)30(35)31-28(19-23-11-7-6-8-12-23)29(34)22-32(2)21-24-13-9-16-27(18-24)38-4/h6-16,18,20,28-29,34H,5,17,19,21-22H2,1-4H3,(H,31,35)/t28-,29-/m0/s1. The Bertz CT molecular complexity index is 1320. The van der Waals surface area contributed by atoms with Gasteiger partial charge in [-0.2, -0.15) is 0 Å². The lowest BCUT2D eigenvalue weighted by molar-refractivity contribution is 0.0713. The van der Waals surface area contributed by atoms with Gasteiger partial charge in [0.2, 0.25) is 10.0 Å². The number of likely N-dealkylation sites (N-methyl/N-ethyl adjacent to an activating group) is 1. The van der Waals surface area contributed by atoms with Crippen molar-refractivity contribution in [2.75, 3.05) is 37.8 Å². The summed E-state index contributed by atoms with van der Waals surface area (Å²) in [7, 11) is 1.55. The molecule has 0 radical (unpaired) electrons. The molecule has 0 aliphatic heterocycles. The molecule has 0 saturated heterocycles. The Kier molecular flexibility index (Phi) is 10.9. The molecule has 0 spiro atoms. The summed E-state index contributed by atoms with van der Waals surface area (Å²) < 4.78 is 31.6. The first-order chi connectivity index (χ1) is 18.6. The van der Waals surface area contributed by atoms with Gasteiger partial charge in [-0.3, -0.25) is 14.0 Å². The van der Waals surface area contributed by atoms with Crippen LogP contribution in [0.5, 0.6) is 5.75 Å². The van der Waals surface area contributed by atoms with Crippen LogP contribution < -0.4 is 14.4 Å². The molecule has 0 aromatic heterocycles. The molecule has 9 heteroatoms. The monoisotopic (exact) mass is 553 g/mol. The maximum absolute atomic E-state index is 13.3. The summed E-state index contributed by atoms with van der Waals surface area (Å²) in [6, 6.07) is 23.4. The summed E-state index contributed by atoms with van der Waals surface area (Å²) in [5.41, 5.74) is 2.76. The zero-order chi connectivity index (χ0) is 28.4. The van der Waals surface area contributed by atoms with Crippen molar-refractivity contribution in [1.29, 1.82) is 0 Å². The van der Waals surface area contributed by atoms with Crippen LogP contribution in [0.1, 0.15) is 34.8 Å². The fourth-order valence-electron chi connectivity index (χ4n) is 4.40. The number of sulfonamides is 1. The lowest BCUT2D eigenvalue weighted by atomic mass is 10.00. The van der Waals surface area contributed by atoms with Gasteiger partial charge < -0.3 is 15.2 Å². The average Bonchev–Trinajstić information content (AvgIpc) is 2.92. The van der Waals surface area contributed by atoms with Crippen molar-refractivity contribution in [3.63, 3.8) is 0 Å². The normalized spacial score (nSPS) is 13.1. The number of hydrogen-bond donors (Lipinski definition) is 2. The van der Waals surface area contributed by atoms with Gasteiger partial charge in [0.25, 0.3) is 5.91 Å². The van der Waals surface area contributed by atoms with Gasteiger partial charge in [-0.25, -0.2) is 8.42 Å². The van der Waals surface area contributed by atoms with E-state index in [9.17, 15) is 18.3 Å². The molecule has 3 aromatic rings. The Balaban J connectivity index is 1.76. The first kappa shape index (κ1) is 30.1. The number of hydrogen-bond acceptors (Lipinski definition) is 6. The highest BCUT2D eigenvalue weighted by Crippen LogP contribution is 2.20. The zero-order valence-corrected chi connectivity index (χ0v) is 23.9. The summed E-state index contributed by atoms with van der Waals surface area (Å²) in [5.74, 6) is 0.411. The van der Waals surface area contributed by atoms with Gasteiger partial charge >= 0.3 is 0 Å². The van der Waals surface area contributed by atoms with E-state index in [-0.39, 0.29) is 11.7 Å². The number of nitrogens with zero attached hydrogens (tertiary/aromatic N) is 2. The number of amides is 1. The average molecular weight is 554 g/mol. The van der Waals surface area contributed by atoms with Crippen LogP contribution >= 0.6 is 0 Å². The smallest absolute Gasteiger partial charge is 0.251 e. The van der Waals surface area contributed by atoms with Crippen LogP contribution in [0.4, 0.5) is 5.69 Å². The molecule has 0 heterocycles. The van der Waals surface area contributed by atoms with E-state index in [2.05, 4.69) is 5.32 Å². The number of benzene rings is 3. The molecule has 3 rings (SSSR count). The number of aliphatic hydroxyl groups excluding tert-OH is 1. The second-order valence-corrected chi connectivity index (χ2v) is 11.8. The van der Waals surface area contributed by atoms with Crippen molar-refractivity contribution in [2.45, 2.75) is 38.5 Å². The number of rotatable bonds is 14. The van der Waals surface area contributed by atoms with Crippen molar-refractivity contribution in [3.8, 4) is 5.75 Å². The Morgan fingerprint density at radius 1 is 0.974 bits per heavy atom. The van der Waals surface area contributed by atoms with E-state index < -0.39 is 22.2 Å². The van der Waals surface area contributed by atoms with Gasteiger partial charge in [-0.05, 0) is 61.3 Å². The maximum Gasteiger partial charge on any atom is 0.251 e. The molecule has 0 saturated carbocycles. The molecule has 0 bridgehead atoms. The molecule has 2 N–H and O–H groups in total. The third kappa shape index (κ3) is 8.81. The minimum atomic E-state index is -3.48. The molecule has 39 heavy (non-hydrogen) atoms. The van der Waals surface area contributed by atoms with Crippen LogP contribution in [0.25, 0.3) is 0 Å². The van der Waals surface area contributed by atoms with E-state index >= 15 is 0 Å². The minimum absolute atomic E-state index is 0.0224. The molecule has 1 amide bonds. The highest BCUT2D eigenvalue weighted by molar-refractivity contribution is 7.92. The Labute approximate surface area is 232 Å². The minimum Gasteiger partial charge on any atom is -0.497 e. The summed E-state index contributed by atoms with van der Waals surface area (Å²) >= 11 is 0. The number of nitrogens with one attached hydrogen (secondary N) is 1. The van der Waals surface area contributed by atoms with Gasteiger partial charge in [0.15, 0.2) is 0 Å². The first-order valence-corrected chi connectivity index (χ1v) is 14.6. The van der Waals surface area contributed by atoms with Crippen molar-refractivity contribution in [3.05, 3.63) is 95.6 Å². The summed E-state index contributed by atoms with van der Waals surface area (Å²) in [6.45, 7) is 2.73. The molecule has 210 valence electrons. The van der Waals surface area contributed by atoms with E-state index in [1.807, 2.05) is 73.5 Å². The van der Waals surface area contributed by atoms with Crippen molar-refractivity contribution >= 4 is 21.6 Å². The van der Waals surface area contributed by atoms with Crippen molar-refractivity contribution in [2.24, 2.45) is 0 Å². The lowest BCUT2D eigenvalue weighted by Crippen LogP contribution is -2.49. The van der Waals surface area contributed by atoms with E-state index in [0.717, 1.165) is 16.9 Å². The topological polar surface area (TPSA) is 99.2 Å². The number of carbonyl (C=O) groups is 1. The van der Waals surface area contributed by atoms with Crippen molar-refractivity contribution in [1.82, 2.24) is 10.2 Å². The van der Waals surface area contributed by atoms with E-state index in [4.69, 9.17) is 4.74 Å². The van der Waals surface area contributed by atoms with Crippen LogP contribution in [0.3, 0.4) is 0 Å². The van der Waals surface area contributed by atoms with E-state index in [0.29, 0.717) is 37.2 Å². The van der Waals surface area contributed by atoms with Gasteiger partial charge in [0, 0.05) is 25.7 Å². The van der Waals surface area contributed by atoms with Gasteiger partial charge in [0.1, 0.15) is 5.75 Å². The van der Waals surface area contributed by atoms with Crippen LogP contribution in [0.2, 0.25) is 0 Å². The highest BCUT2D eigenvalue weighted by Gasteiger charge is 2.25. The largest absolute Gasteiger partial charge is 0.497 e. The molecule has 0 aliphatic rings. The van der Waals surface area contributed by atoms with Crippen molar-refractivity contribution < 1.29 is 23.1 Å². The lowest BCUT2D eigenvalue weighted by Gasteiger charge is -2.28. The predicted molar refractivity (Wildman–Crippen MR) is 156 cm³/mol. The number of aliphatic hydroxyl groups is 1. The number of carbonyl (C=O) groups excluding carboxylic acids is 1. The Hall–Kier alpha value is -3.40. The molecule has 2 atom stereocenters. The maximum atomic E-state index is 13.3. The predicted octanol–water partition coefficient (Wildman–Crippen LogP) is 3.71. The molecule has 8 nitrogen and oxygen atoms in total. The molecule has 0 unspecified atom stereocenters. The van der Waals surface area contributed by atoms with Gasteiger partial charge in [-0.1, -0.05) is 55.5 Å². The summed E-state index contributed by atoms with van der Waals surface area (Å²) in [5, 5.41) is 14.3. The zero-order valence-electron chi connectivity index (χ0n) is 23.1. The molecular formula is C30H39N3O5S. The third-order valence-corrected chi connectivity index (χ3v) is 8.49. The van der Waals surface area contributed by atoms with Crippen LogP contribution in [-0.2, 0) is 23.0 Å². The van der Waals surface area contributed by atoms with Crippen LogP contribution in [0, 0.1) is 0 Å². The number of ether oxygens (including phenoxy) is 1. The summed E-state index contributed by atoms with van der Waals surface area (Å²) in [4.78, 5) is 15.3. The van der Waals surface area contributed by atoms with E-state index in [1.165, 1.54) is 11.4 Å². The second kappa shape index (κ2) is 14.1. The molecule has 0 aliphatic carbocycles. The van der Waals surface area contributed by atoms with E-state index in [1.54, 1.807) is 31.4 Å². The number of methoxy groups -OCH3 is 1. The fourth-order valence-corrected chi connectivity index (χ4v) is 5.62. The second-order valence-electron chi connectivity index (χ2n) is 9.72. The summed E-state index contributed by atoms with van der Waals surface area (Å²) in [6.07, 6.45) is 0.0733. The van der Waals surface area contributed by atoms with Gasteiger partial charge in [0.05, 0.1) is 30.7 Å². The third-order valence-electron chi connectivity index (χ3n) is 6.52. The SMILES string of the molecule is CCCS(=O)(=O)N(C)c1cccc(C(=O)N[C@@H](Cc2ccccc2)[C@@H](O)CN(C)Cc2cccc(OC)c2)c1. The Morgan fingerprint density at radius 2 is 1.67 bits per heavy atom. The van der Waals surface area contributed by atoms with Crippen LogP contribution in [-0.4, -0.2) is 70.0 Å². The highest BCUT2D eigenvalue weighted by atomic mass is 32.2.